The van der Waals surface area contributed by atoms with Crippen LogP contribution in [0.2, 0.25) is 0 Å². The first kappa shape index (κ1) is 15.7. The molecule has 0 aliphatic rings. The number of nitrogens with one attached hydrogen (secondary N) is 1. The summed E-state index contributed by atoms with van der Waals surface area (Å²) in [6.45, 7) is 0. The number of pyridine rings is 1. The highest BCUT2D eigenvalue weighted by molar-refractivity contribution is 5.96. The normalized spacial score (nSPS) is 10.0. The molecule has 1 aromatic heterocycles. The number of aromatic nitrogens is 1. The quantitative estimate of drug-likeness (QED) is 0.798. The van der Waals surface area contributed by atoms with Crippen LogP contribution in [0, 0.1) is 0 Å². The van der Waals surface area contributed by atoms with Crippen molar-refractivity contribution < 1.29 is 14.3 Å². The molecule has 5 heteroatoms. The van der Waals surface area contributed by atoms with E-state index in [0.29, 0.717) is 36.3 Å². The van der Waals surface area contributed by atoms with Crippen molar-refractivity contribution in [1.82, 2.24) is 4.98 Å². The lowest BCUT2D eigenvalue weighted by molar-refractivity contribution is -0.116. The van der Waals surface area contributed by atoms with Gasteiger partial charge in [0.2, 0.25) is 5.91 Å². The summed E-state index contributed by atoms with van der Waals surface area (Å²) in [5, 5.41) is 2.74. The minimum Gasteiger partial charge on any atom is -0.497 e. The lowest BCUT2D eigenvalue weighted by Gasteiger charge is -2.05. The zero-order chi connectivity index (χ0) is 15.8. The lowest BCUT2D eigenvalue weighted by atomic mass is 10.1. The van der Waals surface area contributed by atoms with Crippen LogP contribution in [0.5, 0.6) is 5.75 Å². The van der Waals surface area contributed by atoms with E-state index in [0.717, 1.165) is 0 Å². The summed E-state index contributed by atoms with van der Waals surface area (Å²) >= 11 is 0. The molecular weight excluding hydrogens is 280 g/mol. The summed E-state index contributed by atoms with van der Waals surface area (Å²) in [5.41, 5.74) is 1.29. The van der Waals surface area contributed by atoms with Crippen molar-refractivity contribution >= 4 is 17.4 Å². The number of methoxy groups -OCH3 is 1. The molecule has 0 aliphatic heterocycles. The highest BCUT2D eigenvalue weighted by Crippen LogP contribution is 2.14. The second-order valence-electron chi connectivity index (χ2n) is 4.80. The third-order valence-corrected chi connectivity index (χ3v) is 3.16. The first-order valence-corrected chi connectivity index (χ1v) is 7.06. The molecule has 0 atom stereocenters. The van der Waals surface area contributed by atoms with Crippen LogP contribution in [0.3, 0.4) is 0 Å². The van der Waals surface area contributed by atoms with E-state index in [1.54, 1.807) is 55.9 Å². The number of ketones is 1. The molecule has 1 N–H and O–H groups in total. The molecule has 5 nitrogen and oxygen atoms in total. The Kier molecular flexibility index (Phi) is 5.65. The Morgan fingerprint density at radius 3 is 2.55 bits per heavy atom. The van der Waals surface area contributed by atoms with Gasteiger partial charge in [-0.3, -0.25) is 14.6 Å². The van der Waals surface area contributed by atoms with Crippen LogP contribution in [-0.4, -0.2) is 23.8 Å². The van der Waals surface area contributed by atoms with Crippen molar-refractivity contribution in [2.45, 2.75) is 19.3 Å². The Labute approximate surface area is 129 Å². The Morgan fingerprint density at radius 2 is 1.91 bits per heavy atom. The molecule has 0 fully saturated rings. The standard InChI is InChI=1S/C17H18N2O3/c1-22-15-9-7-13(8-10-15)16(20)5-2-6-17(21)19-14-4-3-11-18-12-14/h3-4,7-12H,2,5-6H2,1H3,(H,19,21). The molecule has 0 unspecified atom stereocenters. The van der Waals surface area contributed by atoms with Crippen LogP contribution >= 0.6 is 0 Å². The van der Waals surface area contributed by atoms with Crippen LogP contribution in [0.4, 0.5) is 5.69 Å². The fourth-order valence-electron chi connectivity index (χ4n) is 1.99. The SMILES string of the molecule is COc1ccc(C(=O)CCCC(=O)Nc2cccnc2)cc1. The summed E-state index contributed by atoms with van der Waals surface area (Å²) < 4.78 is 5.05. The predicted molar refractivity (Wildman–Crippen MR) is 84.0 cm³/mol. The highest BCUT2D eigenvalue weighted by Gasteiger charge is 2.08. The number of anilines is 1. The second kappa shape index (κ2) is 7.93. The number of ether oxygens (including phenoxy) is 1. The van der Waals surface area contributed by atoms with Crippen LogP contribution < -0.4 is 10.1 Å². The number of nitrogens with zero attached hydrogens (tertiary/aromatic N) is 1. The van der Waals surface area contributed by atoms with E-state index in [9.17, 15) is 9.59 Å². The van der Waals surface area contributed by atoms with E-state index < -0.39 is 0 Å². The van der Waals surface area contributed by atoms with Gasteiger partial charge in [0.1, 0.15) is 5.75 Å². The van der Waals surface area contributed by atoms with Crippen molar-refractivity contribution in [3.8, 4) is 5.75 Å². The average Bonchev–Trinajstić information content (AvgIpc) is 2.55. The summed E-state index contributed by atoms with van der Waals surface area (Å²) in [6.07, 6.45) is 4.38. The van der Waals surface area contributed by atoms with Gasteiger partial charge in [-0.2, -0.15) is 0 Å². The third-order valence-electron chi connectivity index (χ3n) is 3.16. The molecule has 1 amide bonds. The second-order valence-corrected chi connectivity index (χ2v) is 4.80. The van der Waals surface area contributed by atoms with Crippen molar-refractivity contribution in [3.05, 3.63) is 54.4 Å². The van der Waals surface area contributed by atoms with E-state index in [1.165, 1.54) is 0 Å². The Balaban J connectivity index is 1.75. The van der Waals surface area contributed by atoms with E-state index in [2.05, 4.69) is 10.3 Å². The van der Waals surface area contributed by atoms with Crippen LogP contribution in [0.1, 0.15) is 29.6 Å². The van der Waals surface area contributed by atoms with Crippen molar-refractivity contribution in [3.63, 3.8) is 0 Å². The predicted octanol–water partition coefficient (Wildman–Crippen LogP) is 3.08. The Morgan fingerprint density at radius 1 is 1.14 bits per heavy atom. The van der Waals surface area contributed by atoms with Crippen molar-refractivity contribution in [2.24, 2.45) is 0 Å². The molecule has 0 radical (unpaired) electrons. The van der Waals surface area contributed by atoms with Gasteiger partial charge >= 0.3 is 0 Å². The molecule has 0 saturated carbocycles. The van der Waals surface area contributed by atoms with Crippen molar-refractivity contribution in [1.29, 1.82) is 0 Å². The molecule has 0 bridgehead atoms. The molecule has 114 valence electrons. The number of benzene rings is 1. The minimum absolute atomic E-state index is 0.0248. The largest absolute Gasteiger partial charge is 0.497 e. The molecule has 0 aliphatic carbocycles. The Hall–Kier alpha value is -2.69. The molecule has 2 aromatic rings. The van der Waals surface area contributed by atoms with Gasteiger partial charge in [-0.1, -0.05) is 0 Å². The minimum atomic E-state index is -0.115. The summed E-state index contributed by atoms with van der Waals surface area (Å²) in [6, 6.07) is 10.5. The first-order chi connectivity index (χ1) is 10.7. The average molecular weight is 298 g/mol. The number of carbonyl (C=O) groups is 2. The maximum absolute atomic E-state index is 12.0. The fourth-order valence-corrected chi connectivity index (χ4v) is 1.99. The zero-order valence-electron chi connectivity index (χ0n) is 12.4. The maximum Gasteiger partial charge on any atom is 0.224 e. The number of hydrogen-bond acceptors (Lipinski definition) is 4. The number of Topliss-reactive ketones (excluding diaryl/α,β-unsaturated/α-hetero) is 1. The van der Waals surface area contributed by atoms with Gasteiger partial charge < -0.3 is 10.1 Å². The smallest absolute Gasteiger partial charge is 0.224 e. The summed E-state index contributed by atoms with van der Waals surface area (Å²) in [7, 11) is 1.58. The van der Waals surface area contributed by atoms with Crippen LogP contribution in [0.25, 0.3) is 0 Å². The number of rotatable bonds is 7. The first-order valence-electron chi connectivity index (χ1n) is 7.06. The molecule has 0 saturated heterocycles. The fraction of sp³-hybridized carbons (Fsp3) is 0.235. The van der Waals surface area contributed by atoms with Crippen LogP contribution in [-0.2, 0) is 4.79 Å². The van der Waals surface area contributed by atoms with Gasteiger partial charge in [-0.25, -0.2) is 0 Å². The summed E-state index contributed by atoms with van der Waals surface area (Å²) in [5.74, 6) is 0.625. The van der Waals surface area contributed by atoms with Gasteiger partial charge in [-0.05, 0) is 42.8 Å². The molecule has 0 spiro atoms. The van der Waals surface area contributed by atoms with Gasteiger partial charge in [0, 0.05) is 24.6 Å². The number of carbonyl (C=O) groups excluding carboxylic acids is 2. The molecule has 2 rings (SSSR count). The van der Waals surface area contributed by atoms with Gasteiger partial charge in [-0.15, -0.1) is 0 Å². The maximum atomic E-state index is 12.0. The van der Waals surface area contributed by atoms with Crippen molar-refractivity contribution in [2.75, 3.05) is 12.4 Å². The van der Waals surface area contributed by atoms with Crippen LogP contribution in [0.15, 0.2) is 48.8 Å². The van der Waals surface area contributed by atoms with Gasteiger partial charge in [0.05, 0.1) is 19.0 Å². The molecule has 1 heterocycles. The number of amides is 1. The van der Waals surface area contributed by atoms with E-state index >= 15 is 0 Å². The monoisotopic (exact) mass is 298 g/mol. The van der Waals surface area contributed by atoms with E-state index in [4.69, 9.17) is 4.74 Å². The van der Waals surface area contributed by atoms with E-state index in [-0.39, 0.29) is 11.7 Å². The molecule has 22 heavy (non-hydrogen) atoms. The topological polar surface area (TPSA) is 68.3 Å². The lowest BCUT2D eigenvalue weighted by Crippen LogP contribution is -2.12. The molecule has 1 aromatic carbocycles. The number of hydrogen-bond donors (Lipinski definition) is 1. The zero-order valence-corrected chi connectivity index (χ0v) is 12.4. The molecular formula is C17H18N2O3. The highest BCUT2D eigenvalue weighted by atomic mass is 16.5. The Bertz CT molecular complexity index is 624. The van der Waals surface area contributed by atoms with Gasteiger partial charge in [0.25, 0.3) is 0 Å². The third kappa shape index (κ3) is 4.70. The van der Waals surface area contributed by atoms with Gasteiger partial charge in [0.15, 0.2) is 5.78 Å². The van der Waals surface area contributed by atoms with E-state index in [1.807, 2.05) is 0 Å². The summed E-state index contributed by atoms with van der Waals surface area (Å²) in [4.78, 5) is 27.7.